The summed E-state index contributed by atoms with van der Waals surface area (Å²) in [7, 11) is -1.59. The normalized spacial score (nSPS) is 11.2. The zero-order chi connectivity index (χ0) is 14.8. The Morgan fingerprint density at radius 2 is 1.65 bits per heavy atom. The van der Waals surface area contributed by atoms with Crippen molar-refractivity contribution < 1.29 is 28.0 Å². The molecule has 0 saturated carbocycles. The molecule has 0 amide bonds. The predicted octanol–water partition coefficient (Wildman–Crippen LogP) is 1.57. The van der Waals surface area contributed by atoms with Crippen molar-refractivity contribution in [2.45, 2.75) is 6.18 Å². The number of halogens is 3. The van der Waals surface area contributed by atoms with E-state index in [1.165, 1.54) is 24.3 Å². The van der Waals surface area contributed by atoms with Gasteiger partial charge in [-0.15, -0.1) is 0 Å². The second-order valence-electron chi connectivity index (χ2n) is 3.93. The summed E-state index contributed by atoms with van der Waals surface area (Å²) >= 11 is 0. The number of nitrogens with zero attached hydrogens (tertiary/aromatic N) is 1. The van der Waals surface area contributed by atoms with E-state index < -0.39 is 18.9 Å². The third kappa shape index (κ3) is 3.49. The average Bonchev–Trinajstić information content (AvgIpc) is 2.39. The Balaban J connectivity index is 2.10. The molecular weight excluding hydrogens is 274 g/mol. The first-order valence-electron chi connectivity index (χ1n) is 5.53. The second-order valence-corrected chi connectivity index (χ2v) is 3.93. The summed E-state index contributed by atoms with van der Waals surface area (Å²) in [5.74, 6) is 0.331. The highest BCUT2D eigenvalue weighted by Crippen LogP contribution is 2.29. The molecule has 1 aromatic carbocycles. The first-order valence-corrected chi connectivity index (χ1v) is 5.53. The summed E-state index contributed by atoms with van der Waals surface area (Å²) in [5.41, 5.74) is -0.582. The van der Waals surface area contributed by atoms with Crippen LogP contribution in [0, 0.1) is 0 Å². The Hall–Kier alpha value is -2.06. The molecule has 0 fully saturated rings. The largest absolute Gasteiger partial charge is 0.488 e. The van der Waals surface area contributed by atoms with Crippen molar-refractivity contribution in [2.24, 2.45) is 0 Å². The smallest absolute Gasteiger partial charge is 0.439 e. The highest BCUT2D eigenvalue weighted by atomic mass is 19.4. The molecule has 2 rings (SSSR count). The number of ether oxygens (including phenoxy) is 1. The van der Waals surface area contributed by atoms with Crippen molar-refractivity contribution in [3.05, 3.63) is 48.2 Å². The fraction of sp³-hybridized carbons (Fsp3) is 0.0833. The lowest BCUT2D eigenvalue weighted by molar-refractivity contribution is -0.137. The maximum Gasteiger partial charge on any atom is 0.488 e. The Kier molecular flexibility index (Phi) is 3.96. The highest BCUT2D eigenvalue weighted by Gasteiger charge is 2.30. The molecule has 4 nitrogen and oxygen atoms in total. The molecule has 0 aliphatic rings. The van der Waals surface area contributed by atoms with E-state index in [2.05, 4.69) is 4.98 Å². The summed E-state index contributed by atoms with van der Waals surface area (Å²) < 4.78 is 42.3. The van der Waals surface area contributed by atoms with Gasteiger partial charge in [0.15, 0.2) is 0 Å². The van der Waals surface area contributed by atoms with Crippen LogP contribution in [0.25, 0.3) is 0 Å². The lowest BCUT2D eigenvalue weighted by Gasteiger charge is -2.08. The van der Waals surface area contributed by atoms with E-state index in [9.17, 15) is 13.2 Å². The molecule has 1 heterocycles. The van der Waals surface area contributed by atoms with E-state index in [0.29, 0.717) is 11.9 Å². The van der Waals surface area contributed by atoms with Crippen molar-refractivity contribution >= 4 is 12.6 Å². The van der Waals surface area contributed by atoms with E-state index in [0.717, 1.165) is 12.1 Å². The molecule has 0 aliphatic heterocycles. The molecule has 2 aromatic rings. The van der Waals surface area contributed by atoms with E-state index in [4.69, 9.17) is 14.8 Å². The summed E-state index contributed by atoms with van der Waals surface area (Å²) in [6.45, 7) is 0. The fourth-order valence-electron chi connectivity index (χ4n) is 1.44. The molecule has 0 spiro atoms. The summed E-state index contributed by atoms with van der Waals surface area (Å²) in [4.78, 5) is 3.56. The average molecular weight is 283 g/mol. The van der Waals surface area contributed by atoms with Gasteiger partial charge in [0.05, 0.1) is 5.56 Å². The molecule has 2 N–H and O–H groups in total. The zero-order valence-electron chi connectivity index (χ0n) is 10.0. The molecule has 1 aromatic heterocycles. The molecule has 0 atom stereocenters. The lowest BCUT2D eigenvalue weighted by Crippen LogP contribution is -2.29. The van der Waals surface area contributed by atoms with Crippen molar-refractivity contribution in [3.63, 3.8) is 0 Å². The Morgan fingerprint density at radius 3 is 2.10 bits per heavy atom. The minimum absolute atomic E-state index is 0.00953. The van der Waals surface area contributed by atoms with Crippen LogP contribution >= 0.6 is 0 Å². The second kappa shape index (κ2) is 5.52. The van der Waals surface area contributed by atoms with Crippen LogP contribution in [0.1, 0.15) is 5.56 Å². The van der Waals surface area contributed by atoms with Gasteiger partial charge in [-0.2, -0.15) is 13.2 Å². The zero-order valence-corrected chi connectivity index (χ0v) is 10.0. The van der Waals surface area contributed by atoms with Crippen LogP contribution in [0.15, 0.2) is 42.6 Å². The molecule has 0 radical (unpaired) electrons. The van der Waals surface area contributed by atoms with Crippen LogP contribution < -0.4 is 10.2 Å². The summed E-state index contributed by atoms with van der Waals surface area (Å²) in [6, 6.07) is 7.72. The van der Waals surface area contributed by atoms with Crippen LogP contribution in [0.2, 0.25) is 0 Å². The number of alkyl halides is 3. The van der Waals surface area contributed by atoms with Crippen molar-refractivity contribution in [1.29, 1.82) is 0 Å². The van der Waals surface area contributed by atoms with E-state index >= 15 is 0 Å². The van der Waals surface area contributed by atoms with Crippen LogP contribution in [0.5, 0.6) is 11.6 Å². The number of hydrogen-bond donors (Lipinski definition) is 2. The van der Waals surface area contributed by atoms with Crippen LogP contribution in [-0.4, -0.2) is 22.2 Å². The first kappa shape index (κ1) is 14.4. The van der Waals surface area contributed by atoms with Crippen LogP contribution in [-0.2, 0) is 6.18 Å². The molecule has 104 valence electrons. The van der Waals surface area contributed by atoms with Crippen molar-refractivity contribution in [3.8, 4) is 11.6 Å². The topological polar surface area (TPSA) is 62.6 Å². The molecule has 8 heteroatoms. The van der Waals surface area contributed by atoms with Gasteiger partial charge in [0.2, 0.25) is 5.88 Å². The molecule has 0 unspecified atom stereocenters. The Bertz CT molecular complexity index is 570. The maximum atomic E-state index is 12.3. The van der Waals surface area contributed by atoms with E-state index in [1.807, 2.05) is 0 Å². The monoisotopic (exact) mass is 283 g/mol. The lowest BCUT2D eigenvalue weighted by atomic mass is 9.80. The minimum Gasteiger partial charge on any atom is -0.439 e. The molecule has 0 bridgehead atoms. The standard InChI is InChI=1S/C12H9BF3NO3/c14-12(15,16)8-1-6-11(17-7-8)20-10-4-2-9(3-5-10)13(18)19/h1-7,18-19H. The number of aromatic nitrogens is 1. The van der Waals surface area contributed by atoms with Gasteiger partial charge in [0, 0.05) is 12.3 Å². The highest BCUT2D eigenvalue weighted by molar-refractivity contribution is 6.58. The minimum atomic E-state index is -4.44. The molecule has 0 aliphatic carbocycles. The predicted molar refractivity (Wildman–Crippen MR) is 65.6 cm³/mol. The van der Waals surface area contributed by atoms with Gasteiger partial charge in [-0.3, -0.25) is 0 Å². The third-order valence-electron chi connectivity index (χ3n) is 2.46. The molecule has 20 heavy (non-hydrogen) atoms. The number of hydrogen-bond acceptors (Lipinski definition) is 4. The quantitative estimate of drug-likeness (QED) is 0.839. The summed E-state index contributed by atoms with van der Waals surface area (Å²) in [5, 5.41) is 17.8. The van der Waals surface area contributed by atoms with Gasteiger partial charge in [-0.25, -0.2) is 4.98 Å². The maximum absolute atomic E-state index is 12.3. The van der Waals surface area contributed by atoms with E-state index in [-0.39, 0.29) is 11.3 Å². The van der Waals surface area contributed by atoms with E-state index in [1.54, 1.807) is 0 Å². The van der Waals surface area contributed by atoms with Gasteiger partial charge in [-0.05, 0) is 23.7 Å². The molecule has 0 saturated heterocycles. The van der Waals surface area contributed by atoms with Crippen LogP contribution in [0.3, 0.4) is 0 Å². The van der Waals surface area contributed by atoms with Gasteiger partial charge >= 0.3 is 13.3 Å². The first-order chi connectivity index (χ1) is 9.36. The van der Waals surface area contributed by atoms with Crippen molar-refractivity contribution in [2.75, 3.05) is 0 Å². The van der Waals surface area contributed by atoms with Crippen molar-refractivity contribution in [1.82, 2.24) is 4.98 Å². The Morgan fingerprint density at radius 1 is 1.00 bits per heavy atom. The number of rotatable bonds is 3. The number of pyridine rings is 1. The Labute approximate surface area is 112 Å². The SMILES string of the molecule is OB(O)c1ccc(Oc2ccc(C(F)(F)F)cn2)cc1. The van der Waals surface area contributed by atoms with Gasteiger partial charge in [-0.1, -0.05) is 12.1 Å². The van der Waals surface area contributed by atoms with Gasteiger partial charge < -0.3 is 14.8 Å². The van der Waals surface area contributed by atoms with Crippen LogP contribution in [0.4, 0.5) is 13.2 Å². The fourth-order valence-corrected chi connectivity index (χ4v) is 1.44. The van der Waals surface area contributed by atoms with Gasteiger partial charge in [0.1, 0.15) is 5.75 Å². The summed E-state index contributed by atoms with van der Waals surface area (Å²) in [6.07, 6.45) is -3.76. The third-order valence-corrected chi connectivity index (χ3v) is 2.46. The van der Waals surface area contributed by atoms with Gasteiger partial charge in [0.25, 0.3) is 0 Å². The number of benzene rings is 1. The molecular formula is C12H9BF3NO3.